The van der Waals surface area contributed by atoms with Crippen molar-refractivity contribution in [1.82, 2.24) is 9.97 Å². The molecule has 2 aromatic rings. The van der Waals surface area contributed by atoms with E-state index in [0.29, 0.717) is 35.3 Å². The lowest BCUT2D eigenvalue weighted by Crippen LogP contribution is -2.04. The van der Waals surface area contributed by atoms with Crippen LogP contribution in [-0.2, 0) is 6.42 Å². The Morgan fingerprint density at radius 1 is 1.33 bits per heavy atom. The first kappa shape index (κ1) is 14.7. The highest BCUT2D eigenvalue weighted by Gasteiger charge is 2.14. The summed E-state index contributed by atoms with van der Waals surface area (Å²) in [5.74, 6) is 1.62. The summed E-state index contributed by atoms with van der Waals surface area (Å²) in [6.45, 7) is 5.46. The van der Waals surface area contributed by atoms with Crippen molar-refractivity contribution in [2.75, 3.05) is 5.73 Å². The molecule has 2 N–H and O–H groups in total. The lowest BCUT2D eigenvalue weighted by atomic mass is 10.2. The van der Waals surface area contributed by atoms with Crippen molar-refractivity contribution < 1.29 is 9.66 Å². The van der Waals surface area contributed by atoms with Crippen LogP contribution in [0, 0.1) is 24.0 Å². The number of nitro benzene ring substituents is 1. The van der Waals surface area contributed by atoms with Crippen molar-refractivity contribution in [3.8, 4) is 11.6 Å². The number of benzene rings is 1. The van der Waals surface area contributed by atoms with Crippen LogP contribution in [0.5, 0.6) is 11.6 Å². The summed E-state index contributed by atoms with van der Waals surface area (Å²) in [6.07, 6.45) is 0.620. The summed E-state index contributed by atoms with van der Waals surface area (Å²) < 4.78 is 5.72. The van der Waals surface area contributed by atoms with Gasteiger partial charge in [0.2, 0.25) is 5.88 Å². The van der Waals surface area contributed by atoms with Gasteiger partial charge in [-0.2, -0.15) is 4.98 Å². The number of nitrogen functional groups attached to an aromatic ring is 1. The Bertz CT molecular complexity index is 701. The van der Waals surface area contributed by atoms with E-state index in [0.717, 1.165) is 5.56 Å². The molecule has 1 heterocycles. The highest BCUT2D eigenvalue weighted by Crippen LogP contribution is 2.30. The standard InChI is InChI=1S/C14H16N4O3/c1-4-12-16-13(15)9(3)14(17-12)21-11-7-10(18(19)20)6-5-8(11)2/h5-7H,4H2,1-3H3,(H2,15,16,17). The second kappa shape index (κ2) is 5.74. The first-order valence-corrected chi connectivity index (χ1v) is 6.48. The number of hydrogen-bond donors (Lipinski definition) is 1. The topological polar surface area (TPSA) is 104 Å². The van der Waals surface area contributed by atoms with Crippen LogP contribution < -0.4 is 10.5 Å². The predicted octanol–water partition coefficient (Wildman–Crippen LogP) is 2.94. The summed E-state index contributed by atoms with van der Waals surface area (Å²) in [7, 11) is 0. The van der Waals surface area contributed by atoms with E-state index in [1.54, 1.807) is 19.9 Å². The Morgan fingerprint density at radius 3 is 2.67 bits per heavy atom. The maximum Gasteiger partial charge on any atom is 0.273 e. The minimum atomic E-state index is -0.467. The number of anilines is 1. The molecular formula is C14H16N4O3. The van der Waals surface area contributed by atoms with Gasteiger partial charge in [0.25, 0.3) is 5.69 Å². The molecule has 21 heavy (non-hydrogen) atoms. The smallest absolute Gasteiger partial charge is 0.273 e. The zero-order valence-corrected chi connectivity index (χ0v) is 12.1. The molecule has 0 spiro atoms. The number of nitrogens with zero attached hydrogens (tertiary/aromatic N) is 3. The first-order chi connectivity index (χ1) is 9.92. The summed E-state index contributed by atoms with van der Waals surface area (Å²) in [4.78, 5) is 18.8. The zero-order chi connectivity index (χ0) is 15.6. The molecule has 0 radical (unpaired) electrons. The predicted molar refractivity (Wildman–Crippen MR) is 78.5 cm³/mol. The van der Waals surface area contributed by atoms with E-state index in [1.807, 2.05) is 6.92 Å². The number of ether oxygens (including phenoxy) is 1. The van der Waals surface area contributed by atoms with Crippen molar-refractivity contribution >= 4 is 11.5 Å². The third kappa shape index (κ3) is 3.07. The molecule has 0 aliphatic heterocycles. The monoisotopic (exact) mass is 288 g/mol. The number of nitro groups is 1. The molecule has 0 amide bonds. The van der Waals surface area contributed by atoms with Gasteiger partial charge >= 0.3 is 0 Å². The van der Waals surface area contributed by atoms with E-state index < -0.39 is 4.92 Å². The van der Waals surface area contributed by atoms with E-state index in [-0.39, 0.29) is 5.69 Å². The SMILES string of the molecule is CCc1nc(N)c(C)c(Oc2cc([N+](=O)[O-])ccc2C)n1. The van der Waals surface area contributed by atoms with Gasteiger partial charge in [-0.1, -0.05) is 6.92 Å². The van der Waals surface area contributed by atoms with Gasteiger partial charge in [0.05, 0.1) is 16.6 Å². The summed E-state index contributed by atoms with van der Waals surface area (Å²) in [5.41, 5.74) is 7.17. The fraction of sp³-hybridized carbons (Fsp3) is 0.286. The van der Waals surface area contributed by atoms with Crippen LogP contribution in [0.15, 0.2) is 18.2 Å². The molecule has 7 nitrogen and oxygen atoms in total. The molecule has 0 saturated carbocycles. The molecule has 2 rings (SSSR count). The van der Waals surface area contributed by atoms with Crippen LogP contribution >= 0.6 is 0 Å². The molecule has 7 heteroatoms. The van der Waals surface area contributed by atoms with Crippen molar-refractivity contribution in [1.29, 1.82) is 0 Å². The maximum atomic E-state index is 10.8. The number of aromatic nitrogens is 2. The molecule has 0 atom stereocenters. The highest BCUT2D eigenvalue weighted by molar-refractivity contribution is 5.49. The normalized spacial score (nSPS) is 10.4. The number of aryl methyl sites for hydroxylation is 2. The van der Waals surface area contributed by atoms with Crippen LogP contribution in [-0.4, -0.2) is 14.9 Å². The second-order valence-electron chi connectivity index (χ2n) is 4.62. The molecule has 0 aliphatic rings. The molecule has 1 aromatic heterocycles. The summed E-state index contributed by atoms with van der Waals surface area (Å²) in [5, 5.41) is 10.8. The van der Waals surface area contributed by atoms with Crippen LogP contribution in [0.4, 0.5) is 11.5 Å². The van der Waals surface area contributed by atoms with Gasteiger partial charge in [-0.15, -0.1) is 0 Å². The van der Waals surface area contributed by atoms with E-state index in [1.165, 1.54) is 12.1 Å². The number of nitrogens with two attached hydrogens (primary N) is 1. The minimum Gasteiger partial charge on any atom is -0.438 e. The lowest BCUT2D eigenvalue weighted by molar-refractivity contribution is -0.384. The van der Waals surface area contributed by atoms with Crippen molar-refractivity contribution in [2.24, 2.45) is 0 Å². The van der Waals surface area contributed by atoms with Crippen molar-refractivity contribution in [3.63, 3.8) is 0 Å². The average Bonchev–Trinajstić information content (AvgIpc) is 2.45. The Morgan fingerprint density at radius 2 is 2.05 bits per heavy atom. The fourth-order valence-electron chi connectivity index (χ4n) is 1.73. The Balaban J connectivity index is 2.44. The van der Waals surface area contributed by atoms with Crippen LogP contribution in [0.3, 0.4) is 0 Å². The quantitative estimate of drug-likeness (QED) is 0.685. The van der Waals surface area contributed by atoms with Crippen LogP contribution in [0.25, 0.3) is 0 Å². The summed E-state index contributed by atoms with van der Waals surface area (Å²) in [6, 6.07) is 4.44. The van der Waals surface area contributed by atoms with E-state index in [9.17, 15) is 10.1 Å². The van der Waals surface area contributed by atoms with E-state index in [4.69, 9.17) is 10.5 Å². The Labute approximate surface area is 121 Å². The van der Waals surface area contributed by atoms with E-state index in [2.05, 4.69) is 9.97 Å². The van der Waals surface area contributed by atoms with Crippen molar-refractivity contribution in [2.45, 2.75) is 27.2 Å². The van der Waals surface area contributed by atoms with Gasteiger partial charge in [-0.25, -0.2) is 4.98 Å². The molecule has 0 fully saturated rings. The molecule has 0 aliphatic carbocycles. The Hall–Kier alpha value is -2.70. The molecule has 110 valence electrons. The number of hydrogen-bond acceptors (Lipinski definition) is 6. The lowest BCUT2D eigenvalue weighted by Gasteiger charge is -2.12. The number of rotatable bonds is 4. The maximum absolute atomic E-state index is 10.8. The Kier molecular flexibility index (Phi) is 4.02. The van der Waals surface area contributed by atoms with Crippen LogP contribution in [0.2, 0.25) is 0 Å². The van der Waals surface area contributed by atoms with Gasteiger partial charge in [0.15, 0.2) is 0 Å². The van der Waals surface area contributed by atoms with Crippen molar-refractivity contribution in [3.05, 3.63) is 45.3 Å². The van der Waals surface area contributed by atoms with Gasteiger partial charge in [-0.05, 0) is 25.5 Å². The molecule has 0 unspecified atom stereocenters. The fourth-order valence-corrected chi connectivity index (χ4v) is 1.73. The summed E-state index contributed by atoms with van der Waals surface area (Å²) >= 11 is 0. The molecule has 1 aromatic carbocycles. The van der Waals surface area contributed by atoms with E-state index >= 15 is 0 Å². The van der Waals surface area contributed by atoms with Gasteiger partial charge in [0, 0.05) is 12.5 Å². The first-order valence-electron chi connectivity index (χ1n) is 6.48. The van der Waals surface area contributed by atoms with Gasteiger partial charge in [-0.3, -0.25) is 10.1 Å². The highest BCUT2D eigenvalue weighted by atomic mass is 16.6. The zero-order valence-electron chi connectivity index (χ0n) is 12.1. The molecule has 0 saturated heterocycles. The van der Waals surface area contributed by atoms with Gasteiger partial charge < -0.3 is 10.5 Å². The molecule has 0 bridgehead atoms. The number of non-ortho nitro benzene ring substituents is 1. The van der Waals surface area contributed by atoms with Gasteiger partial charge in [0.1, 0.15) is 17.4 Å². The molecular weight excluding hydrogens is 272 g/mol. The third-order valence-corrected chi connectivity index (χ3v) is 3.09. The minimum absolute atomic E-state index is 0.0361. The second-order valence-corrected chi connectivity index (χ2v) is 4.62. The third-order valence-electron chi connectivity index (χ3n) is 3.09. The average molecular weight is 288 g/mol. The largest absolute Gasteiger partial charge is 0.438 e. The van der Waals surface area contributed by atoms with Crippen LogP contribution in [0.1, 0.15) is 23.9 Å².